The topological polar surface area (TPSA) is 249 Å². The highest BCUT2D eigenvalue weighted by molar-refractivity contribution is 5.93. The Labute approximate surface area is 436 Å². The number of nitrogens with one attached hydrogen (secondary N) is 4. The molecule has 19 nitrogen and oxygen atoms in total. The second-order valence-electron chi connectivity index (χ2n) is 17.4. The molecule has 7 atom stereocenters. The van der Waals surface area contributed by atoms with E-state index in [1.54, 1.807) is 72.8 Å². The Bertz CT molecular complexity index is 2990. The Balaban J connectivity index is 1.08. The number of methoxy groups -OCH3 is 1. The molecule has 1 heterocycles. The summed E-state index contributed by atoms with van der Waals surface area (Å²) in [6.45, 7) is -0.102. The molecule has 0 aromatic heterocycles. The van der Waals surface area contributed by atoms with Gasteiger partial charge in [0.25, 0.3) is 0 Å². The highest BCUT2D eigenvalue weighted by Crippen LogP contribution is 2.44. The van der Waals surface area contributed by atoms with E-state index in [2.05, 4.69) is 21.3 Å². The van der Waals surface area contributed by atoms with E-state index in [0.29, 0.717) is 0 Å². The van der Waals surface area contributed by atoms with Gasteiger partial charge in [-0.25, -0.2) is 33.6 Å². The standard InChI is InChI=1S/C57H52N4O15/c1-34(51(63)70-2)59-49(62)44(60-57(69)72-32-43-41-29-17-15-27-39(41)40-28-16-18-30-42(40)43)31-58-56(68)61-50-48(76-55(67)38-25-13-6-14-26-38)47(75-54(66)37-23-11-5-12-24-37)46(74-53(65)36-21-9-4-10-22-36)45(73-50)33-71-52(64)35-19-7-3-8-20-35/h3-30,34,43-48,50H,31-33H2,1-2H3,(H,59,62)(H,60,69)(H2,58,61,68)/t34-,44-,45+,46-,47-,48+,50+/m0/s1. The van der Waals surface area contributed by atoms with E-state index in [-0.39, 0.29) is 34.8 Å². The van der Waals surface area contributed by atoms with Crippen molar-refractivity contribution in [1.82, 2.24) is 21.3 Å². The Morgan fingerprint density at radius 1 is 0.513 bits per heavy atom. The first-order valence-corrected chi connectivity index (χ1v) is 24.1. The van der Waals surface area contributed by atoms with Gasteiger partial charge in [-0.3, -0.25) is 4.79 Å². The van der Waals surface area contributed by atoms with Crippen LogP contribution in [0.25, 0.3) is 11.1 Å². The lowest BCUT2D eigenvalue weighted by atomic mass is 9.96. The number of hydrogen-bond acceptors (Lipinski definition) is 15. The Morgan fingerprint density at radius 2 is 0.961 bits per heavy atom. The fraction of sp³-hybridized carbons (Fsp3) is 0.228. The second kappa shape index (κ2) is 25.0. The molecule has 1 saturated heterocycles. The number of rotatable bonds is 18. The zero-order chi connectivity index (χ0) is 53.6. The zero-order valence-electron chi connectivity index (χ0n) is 41.0. The van der Waals surface area contributed by atoms with Crippen molar-refractivity contribution < 1.29 is 71.5 Å². The summed E-state index contributed by atoms with van der Waals surface area (Å²) in [7, 11) is 1.13. The lowest BCUT2D eigenvalue weighted by Gasteiger charge is -2.44. The van der Waals surface area contributed by atoms with Gasteiger partial charge in [0, 0.05) is 12.5 Å². The molecule has 0 radical (unpaired) electrons. The summed E-state index contributed by atoms with van der Waals surface area (Å²) < 4.78 is 40.7. The van der Waals surface area contributed by atoms with Crippen LogP contribution in [0.15, 0.2) is 170 Å². The molecular weight excluding hydrogens is 981 g/mol. The van der Waals surface area contributed by atoms with Crippen LogP contribution in [0.4, 0.5) is 9.59 Å². The molecule has 1 aliphatic carbocycles. The second-order valence-corrected chi connectivity index (χ2v) is 17.4. The highest BCUT2D eigenvalue weighted by atomic mass is 16.7. The monoisotopic (exact) mass is 1030 g/mol. The maximum absolute atomic E-state index is 14.2. The van der Waals surface area contributed by atoms with Gasteiger partial charge in [-0.2, -0.15) is 0 Å². The minimum Gasteiger partial charge on any atom is -0.467 e. The number of alkyl carbamates (subject to hydrolysis) is 1. The summed E-state index contributed by atoms with van der Waals surface area (Å²) in [6.07, 6.45) is -9.74. The molecule has 4 N–H and O–H groups in total. The van der Waals surface area contributed by atoms with Crippen LogP contribution in [0, 0.1) is 0 Å². The molecule has 1 fully saturated rings. The van der Waals surface area contributed by atoms with E-state index in [0.717, 1.165) is 29.4 Å². The van der Waals surface area contributed by atoms with Crippen LogP contribution >= 0.6 is 0 Å². The maximum Gasteiger partial charge on any atom is 0.407 e. The fourth-order valence-electron chi connectivity index (χ4n) is 8.60. The van der Waals surface area contributed by atoms with E-state index in [1.807, 2.05) is 48.5 Å². The average molecular weight is 1030 g/mol. The molecule has 6 aromatic rings. The maximum atomic E-state index is 14.2. The van der Waals surface area contributed by atoms with E-state index >= 15 is 0 Å². The average Bonchev–Trinajstić information content (AvgIpc) is 3.78. The van der Waals surface area contributed by atoms with E-state index in [1.165, 1.54) is 55.5 Å². The number of urea groups is 1. The normalized spacial score (nSPS) is 18.1. The van der Waals surface area contributed by atoms with Crippen molar-refractivity contribution >= 4 is 47.9 Å². The van der Waals surface area contributed by atoms with E-state index in [9.17, 15) is 38.4 Å². The van der Waals surface area contributed by atoms with Crippen LogP contribution in [0.3, 0.4) is 0 Å². The molecule has 1 aliphatic heterocycles. The van der Waals surface area contributed by atoms with Crippen LogP contribution in [0.2, 0.25) is 0 Å². The van der Waals surface area contributed by atoms with E-state index < -0.39 is 104 Å². The van der Waals surface area contributed by atoms with Crippen molar-refractivity contribution in [2.24, 2.45) is 0 Å². The molecule has 0 spiro atoms. The van der Waals surface area contributed by atoms with Gasteiger partial charge in [0.15, 0.2) is 24.5 Å². The Hall–Kier alpha value is -9.36. The number of carbonyl (C=O) groups excluding carboxylic acids is 8. The first-order valence-electron chi connectivity index (χ1n) is 24.1. The van der Waals surface area contributed by atoms with Gasteiger partial charge in [0.05, 0.1) is 29.4 Å². The van der Waals surface area contributed by atoms with Gasteiger partial charge in [0.2, 0.25) is 5.91 Å². The third-order valence-electron chi connectivity index (χ3n) is 12.4. The molecule has 8 rings (SSSR count). The number of ether oxygens (including phenoxy) is 7. The predicted molar refractivity (Wildman–Crippen MR) is 270 cm³/mol. The quantitative estimate of drug-likeness (QED) is 0.0559. The summed E-state index contributed by atoms with van der Waals surface area (Å²) >= 11 is 0. The largest absolute Gasteiger partial charge is 0.467 e. The molecule has 4 amide bonds. The molecule has 76 heavy (non-hydrogen) atoms. The molecule has 0 saturated carbocycles. The molecular formula is C57H52N4O15. The van der Waals surface area contributed by atoms with Gasteiger partial charge in [-0.1, -0.05) is 121 Å². The van der Waals surface area contributed by atoms with Crippen LogP contribution in [0.1, 0.15) is 65.4 Å². The SMILES string of the molecule is COC(=O)[C@H](C)NC(=O)[C@H](CNC(=O)N[C@@H]1O[C@H](COC(=O)c2ccccc2)[C@H](OC(=O)c2ccccc2)[C@H](OC(=O)c2ccccc2)[C@H]1OC(=O)c1ccccc1)NC(=O)OCC1c2ccccc2-c2ccccc21. The fourth-order valence-corrected chi connectivity index (χ4v) is 8.60. The lowest BCUT2D eigenvalue weighted by molar-refractivity contribution is -0.233. The van der Waals surface area contributed by atoms with E-state index in [4.69, 9.17) is 33.2 Å². The first kappa shape index (κ1) is 52.9. The van der Waals surface area contributed by atoms with Crippen LogP contribution in [-0.2, 0) is 42.7 Å². The van der Waals surface area contributed by atoms with Crippen LogP contribution < -0.4 is 21.3 Å². The Kier molecular flexibility index (Phi) is 17.5. The first-order chi connectivity index (χ1) is 36.9. The van der Waals surface area contributed by atoms with Crippen molar-refractivity contribution in [3.05, 3.63) is 203 Å². The minimum atomic E-state index is -1.83. The van der Waals surface area contributed by atoms with Crippen molar-refractivity contribution in [1.29, 1.82) is 0 Å². The van der Waals surface area contributed by atoms with Gasteiger partial charge < -0.3 is 54.4 Å². The molecule has 2 aliphatic rings. The molecule has 0 bridgehead atoms. The van der Waals surface area contributed by atoms with Crippen molar-refractivity contribution in [2.75, 3.05) is 26.9 Å². The summed E-state index contributed by atoms with van der Waals surface area (Å²) in [5, 5.41) is 9.97. The predicted octanol–water partition coefficient (Wildman–Crippen LogP) is 6.13. The third kappa shape index (κ3) is 13.0. The van der Waals surface area contributed by atoms with Crippen molar-refractivity contribution in [2.45, 2.75) is 55.6 Å². The van der Waals surface area contributed by atoms with Gasteiger partial charge in [-0.15, -0.1) is 0 Å². The van der Waals surface area contributed by atoms with Crippen LogP contribution in [0.5, 0.6) is 0 Å². The third-order valence-corrected chi connectivity index (χ3v) is 12.4. The smallest absolute Gasteiger partial charge is 0.407 e. The van der Waals surface area contributed by atoms with Crippen LogP contribution in [-0.4, -0.2) is 117 Å². The molecule has 0 unspecified atom stereocenters. The number of fused-ring (bicyclic) bond motifs is 3. The zero-order valence-corrected chi connectivity index (χ0v) is 41.0. The number of benzene rings is 6. The lowest BCUT2D eigenvalue weighted by Crippen LogP contribution is -2.67. The van der Waals surface area contributed by atoms with Crippen molar-refractivity contribution in [3.8, 4) is 11.1 Å². The number of hydrogen-bond donors (Lipinski definition) is 4. The van der Waals surface area contributed by atoms with Gasteiger partial charge in [0.1, 0.15) is 31.4 Å². The summed E-state index contributed by atoms with van der Waals surface area (Å²) in [5.74, 6) is -5.75. The molecule has 6 aromatic carbocycles. The molecule has 19 heteroatoms. The van der Waals surface area contributed by atoms with Gasteiger partial charge >= 0.3 is 42.0 Å². The molecule has 390 valence electrons. The minimum absolute atomic E-state index is 0.0323. The summed E-state index contributed by atoms with van der Waals surface area (Å²) in [4.78, 5) is 109. The van der Waals surface area contributed by atoms with Gasteiger partial charge in [-0.05, 0) is 77.7 Å². The number of carbonyl (C=O) groups is 8. The Morgan fingerprint density at radius 3 is 1.46 bits per heavy atom. The van der Waals surface area contributed by atoms with Crippen molar-refractivity contribution in [3.63, 3.8) is 0 Å². The summed E-state index contributed by atoms with van der Waals surface area (Å²) in [5.41, 5.74) is 4.13. The number of esters is 5. The number of amides is 4. The summed E-state index contributed by atoms with van der Waals surface area (Å²) in [6, 6.07) is 42.6. The highest BCUT2D eigenvalue weighted by Gasteiger charge is 2.54.